The molecule has 0 bridgehead atoms. The molecule has 0 aliphatic heterocycles. The smallest absolute Gasteiger partial charge is 0.0947 e. The highest BCUT2D eigenvalue weighted by atomic mass is 79.9. The molecule has 1 N–H and O–H groups in total. The van der Waals surface area contributed by atoms with E-state index in [1.165, 1.54) is 16.1 Å². The first-order valence-corrected chi connectivity index (χ1v) is 7.61. The summed E-state index contributed by atoms with van der Waals surface area (Å²) in [5, 5.41) is 6.67. The quantitative estimate of drug-likeness (QED) is 0.918. The maximum absolute atomic E-state index is 4.54. The van der Waals surface area contributed by atoms with Crippen LogP contribution in [-0.4, -0.2) is 12.0 Å². The van der Waals surface area contributed by atoms with Gasteiger partial charge in [-0.15, -0.1) is 11.3 Å². The van der Waals surface area contributed by atoms with E-state index in [0.717, 1.165) is 16.6 Å². The van der Waals surface area contributed by atoms with E-state index in [0.29, 0.717) is 6.04 Å². The summed E-state index contributed by atoms with van der Waals surface area (Å²) in [6, 6.07) is 6.84. The van der Waals surface area contributed by atoms with Gasteiger partial charge in [0.15, 0.2) is 0 Å². The van der Waals surface area contributed by atoms with Gasteiger partial charge in [0, 0.05) is 28.0 Å². The molecule has 1 unspecified atom stereocenters. The fourth-order valence-corrected chi connectivity index (χ4v) is 3.47. The van der Waals surface area contributed by atoms with Gasteiger partial charge in [0.05, 0.1) is 5.01 Å². The summed E-state index contributed by atoms with van der Waals surface area (Å²) in [7, 11) is 2.00. The van der Waals surface area contributed by atoms with E-state index in [-0.39, 0.29) is 0 Å². The second-order valence-corrected chi connectivity index (χ2v) is 6.35. The van der Waals surface area contributed by atoms with Gasteiger partial charge in [0.2, 0.25) is 0 Å². The summed E-state index contributed by atoms with van der Waals surface area (Å²) in [6.45, 7) is 4.16. The van der Waals surface area contributed by atoms with E-state index < -0.39 is 0 Å². The SMILES string of the molecule is CNC(Cc1nc(C)cs1)c1cc(C)cc(Br)c1. The fourth-order valence-electron chi connectivity index (χ4n) is 2.02. The minimum Gasteiger partial charge on any atom is -0.313 e. The number of aromatic nitrogens is 1. The molecule has 2 nitrogen and oxygen atoms in total. The predicted octanol–water partition coefficient (Wildman–Crippen LogP) is 4.03. The van der Waals surface area contributed by atoms with Gasteiger partial charge in [-0.25, -0.2) is 4.98 Å². The number of hydrogen-bond acceptors (Lipinski definition) is 3. The minimum atomic E-state index is 0.312. The Morgan fingerprint density at radius 2 is 2.11 bits per heavy atom. The Labute approximate surface area is 121 Å². The Balaban J connectivity index is 2.22. The minimum absolute atomic E-state index is 0.312. The number of thiazole rings is 1. The van der Waals surface area contributed by atoms with Crippen molar-refractivity contribution in [1.82, 2.24) is 10.3 Å². The van der Waals surface area contributed by atoms with Gasteiger partial charge >= 0.3 is 0 Å². The summed E-state index contributed by atoms with van der Waals surface area (Å²) in [6.07, 6.45) is 0.935. The van der Waals surface area contributed by atoms with Gasteiger partial charge in [0.1, 0.15) is 0 Å². The number of benzene rings is 1. The highest BCUT2D eigenvalue weighted by Crippen LogP contribution is 2.24. The monoisotopic (exact) mass is 324 g/mol. The van der Waals surface area contributed by atoms with E-state index in [1.54, 1.807) is 11.3 Å². The number of aryl methyl sites for hydroxylation is 2. The lowest BCUT2D eigenvalue weighted by Gasteiger charge is -2.16. The first-order chi connectivity index (χ1) is 8.58. The summed E-state index contributed by atoms with van der Waals surface area (Å²) < 4.78 is 1.13. The average molecular weight is 325 g/mol. The molecule has 1 atom stereocenters. The fraction of sp³-hybridized carbons (Fsp3) is 0.357. The summed E-state index contributed by atoms with van der Waals surface area (Å²) in [4.78, 5) is 4.54. The third-order valence-electron chi connectivity index (χ3n) is 2.86. The number of nitrogens with zero attached hydrogens (tertiary/aromatic N) is 1. The molecule has 0 fully saturated rings. The van der Waals surface area contributed by atoms with Crippen LogP contribution in [0.3, 0.4) is 0 Å². The van der Waals surface area contributed by atoms with Gasteiger partial charge in [-0.1, -0.05) is 22.0 Å². The number of rotatable bonds is 4. The van der Waals surface area contributed by atoms with Crippen molar-refractivity contribution in [1.29, 1.82) is 0 Å². The summed E-state index contributed by atoms with van der Waals surface area (Å²) >= 11 is 5.29. The Kier molecular flexibility index (Phi) is 4.54. The van der Waals surface area contributed by atoms with Crippen molar-refractivity contribution in [2.75, 3.05) is 7.05 Å². The Hall–Kier alpha value is -0.710. The number of likely N-dealkylation sites (N-methyl/N-ethyl adjacent to an activating group) is 1. The van der Waals surface area contributed by atoms with Crippen LogP contribution in [0.25, 0.3) is 0 Å². The van der Waals surface area contributed by atoms with E-state index in [4.69, 9.17) is 0 Å². The Morgan fingerprint density at radius 1 is 1.33 bits per heavy atom. The van der Waals surface area contributed by atoms with Gasteiger partial charge in [0.25, 0.3) is 0 Å². The highest BCUT2D eigenvalue weighted by molar-refractivity contribution is 9.10. The first kappa shape index (κ1) is 13.7. The molecule has 0 saturated heterocycles. The number of nitrogens with one attached hydrogen (secondary N) is 1. The van der Waals surface area contributed by atoms with Crippen LogP contribution in [0.5, 0.6) is 0 Å². The van der Waals surface area contributed by atoms with E-state index >= 15 is 0 Å². The van der Waals surface area contributed by atoms with Crippen LogP contribution in [0.2, 0.25) is 0 Å². The second kappa shape index (κ2) is 5.95. The van der Waals surface area contributed by atoms with Crippen molar-refractivity contribution in [3.8, 4) is 0 Å². The van der Waals surface area contributed by atoms with Crippen LogP contribution in [0.4, 0.5) is 0 Å². The van der Waals surface area contributed by atoms with Crippen LogP contribution >= 0.6 is 27.3 Å². The molecule has 0 radical (unpaired) electrons. The number of halogens is 1. The average Bonchev–Trinajstić information content (AvgIpc) is 2.70. The van der Waals surface area contributed by atoms with Crippen molar-refractivity contribution >= 4 is 27.3 Å². The van der Waals surface area contributed by atoms with Crippen molar-refractivity contribution in [2.45, 2.75) is 26.3 Å². The lowest BCUT2D eigenvalue weighted by atomic mass is 10.0. The standard InChI is InChI=1S/C14H17BrN2S/c1-9-4-11(6-12(15)5-9)13(16-3)7-14-17-10(2)8-18-14/h4-6,8,13,16H,7H2,1-3H3. The lowest BCUT2D eigenvalue weighted by Crippen LogP contribution is -2.19. The first-order valence-electron chi connectivity index (χ1n) is 5.94. The largest absolute Gasteiger partial charge is 0.313 e. The zero-order valence-electron chi connectivity index (χ0n) is 10.8. The third kappa shape index (κ3) is 3.40. The molecule has 1 heterocycles. The van der Waals surface area contributed by atoms with Crippen molar-refractivity contribution in [3.05, 3.63) is 49.9 Å². The molecule has 1 aromatic heterocycles. The zero-order valence-corrected chi connectivity index (χ0v) is 13.2. The molecule has 0 saturated carbocycles. The maximum atomic E-state index is 4.54. The second-order valence-electron chi connectivity index (χ2n) is 4.49. The normalized spacial score (nSPS) is 12.7. The van der Waals surface area contributed by atoms with Crippen molar-refractivity contribution in [2.24, 2.45) is 0 Å². The highest BCUT2D eigenvalue weighted by Gasteiger charge is 2.13. The van der Waals surface area contributed by atoms with Gasteiger partial charge in [-0.2, -0.15) is 0 Å². The van der Waals surface area contributed by atoms with E-state index in [1.807, 2.05) is 14.0 Å². The lowest BCUT2D eigenvalue weighted by molar-refractivity contribution is 0.589. The summed E-state index contributed by atoms with van der Waals surface area (Å²) in [5.41, 5.74) is 3.68. The third-order valence-corrected chi connectivity index (χ3v) is 4.31. The van der Waals surface area contributed by atoms with E-state index in [2.05, 4.69) is 56.7 Å². The maximum Gasteiger partial charge on any atom is 0.0947 e. The molecule has 2 rings (SSSR count). The Morgan fingerprint density at radius 3 is 2.67 bits per heavy atom. The predicted molar refractivity (Wildman–Crippen MR) is 81.2 cm³/mol. The molecule has 1 aromatic carbocycles. The van der Waals surface area contributed by atoms with Crippen LogP contribution in [0.15, 0.2) is 28.1 Å². The van der Waals surface area contributed by atoms with Crippen molar-refractivity contribution < 1.29 is 0 Å². The van der Waals surface area contributed by atoms with Gasteiger partial charge < -0.3 is 5.32 Å². The van der Waals surface area contributed by atoms with Crippen LogP contribution < -0.4 is 5.32 Å². The topological polar surface area (TPSA) is 24.9 Å². The molecule has 0 aliphatic carbocycles. The molecular formula is C14H17BrN2S. The molecular weight excluding hydrogens is 308 g/mol. The van der Waals surface area contributed by atoms with E-state index in [9.17, 15) is 0 Å². The van der Waals surface area contributed by atoms with Crippen LogP contribution in [0.1, 0.15) is 27.9 Å². The molecule has 96 valence electrons. The molecule has 18 heavy (non-hydrogen) atoms. The molecule has 0 amide bonds. The number of hydrogen-bond donors (Lipinski definition) is 1. The van der Waals surface area contributed by atoms with Gasteiger partial charge in [-0.05, 0) is 44.2 Å². The van der Waals surface area contributed by atoms with Crippen LogP contribution in [-0.2, 0) is 6.42 Å². The molecule has 0 aliphatic rings. The van der Waals surface area contributed by atoms with Crippen LogP contribution in [0, 0.1) is 13.8 Å². The molecule has 0 spiro atoms. The molecule has 4 heteroatoms. The molecule has 2 aromatic rings. The summed E-state index contributed by atoms with van der Waals surface area (Å²) in [5.74, 6) is 0. The van der Waals surface area contributed by atoms with Crippen molar-refractivity contribution in [3.63, 3.8) is 0 Å². The van der Waals surface area contributed by atoms with Gasteiger partial charge in [-0.3, -0.25) is 0 Å². The Bertz CT molecular complexity index is 516. The zero-order chi connectivity index (χ0) is 13.1.